The summed E-state index contributed by atoms with van der Waals surface area (Å²) in [6.07, 6.45) is -1.40. The van der Waals surface area contributed by atoms with Gasteiger partial charge in [0.2, 0.25) is 6.23 Å². The van der Waals surface area contributed by atoms with Crippen molar-refractivity contribution in [3.8, 4) is 0 Å². The second-order valence-corrected chi connectivity index (χ2v) is 3.81. The van der Waals surface area contributed by atoms with Crippen molar-refractivity contribution in [2.75, 3.05) is 6.61 Å². The molecule has 0 unspecified atom stereocenters. The van der Waals surface area contributed by atoms with Gasteiger partial charge in [0.1, 0.15) is 30.7 Å². The van der Waals surface area contributed by atoms with Gasteiger partial charge in [-0.1, -0.05) is 0 Å². The van der Waals surface area contributed by atoms with Crippen LogP contribution in [0.2, 0.25) is 0 Å². The van der Waals surface area contributed by atoms with E-state index in [0.29, 0.717) is 0 Å². The molecular weight excluding hydrogens is 230 g/mol. The molecule has 94 valence electrons. The van der Waals surface area contributed by atoms with Crippen LogP contribution >= 0.6 is 0 Å². The molecule has 2 rings (SSSR count). The van der Waals surface area contributed by atoms with Crippen molar-refractivity contribution >= 4 is 5.91 Å². The van der Waals surface area contributed by atoms with Gasteiger partial charge in [0.15, 0.2) is 0 Å². The average molecular weight is 244 g/mol. The third-order valence-corrected chi connectivity index (χ3v) is 2.74. The van der Waals surface area contributed by atoms with Crippen LogP contribution in [-0.2, 0) is 4.74 Å². The van der Waals surface area contributed by atoms with Crippen molar-refractivity contribution in [3.05, 3.63) is 18.2 Å². The number of ether oxygens (including phenoxy) is 1. The van der Waals surface area contributed by atoms with Crippen molar-refractivity contribution in [2.24, 2.45) is 5.73 Å². The van der Waals surface area contributed by atoms with E-state index < -0.39 is 37.1 Å². The quantitative estimate of drug-likeness (QED) is 0.362. The van der Waals surface area contributed by atoms with E-state index in [0.717, 1.165) is 0 Å². The highest BCUT2D eigenvalue weighted by Gasteiger charge is 2.47. The van der Waals surface area contributed by atoms with Gasteiger partial charge < -0.3 is 25.8 Å². The number of aliphatic hydroxyl groups is 3. The summed E-state index contributed by atoms with van der Waals surface area (Å²) in [4.78, 5) is 13.7. The number of hydrogen-bond donors (Lipinski definition) is 5. The molecule has 8 nitrogen and oxygen atoms in total. The van der Waals surface area contributed by atoms with E-state index in [2.05, 4.69) is 4.98 Å². The summed E-state index contributed by atoms with van der Waals surface area (Å²) in [6.45, 7) is -0.425. The predicted octanol–water partition coefficient (Wildman–Crippen LogP) is -2.99. The lowest BCUT2D eigenvalue weighted by Gasteiger charge is -2.11. The zero-order valence-corrected chi connectivity index (χ0v) is 8.85. The monoisotopic (exact) mass is 244 g/mol. The molecular formula is C9H14N3O5+. The maximum Gasteiger partial charge on any atom is 0.347 e. The van der Waals surface area contributed by atoms with Crippen LogP contribution in [0.1, 0.15) is 16.8 Å². The second kappa shape index (κ2) is 4.41. The van der Waals surface area contributed by atoms with Crippen LogP contribution in [0.25, 0.3) is 0 Å². The van der Waals surface area contributed by atoms with Crippen molar-refractivity contribution in [1.82, 2.24) is 4.98 Å². The molecule has 1 saturated heterocycles. The predicted molar refractivity (Wildman–Crippen MR) is 52.5 cm³/mol. The molecule has 0 bridgehead atoms. The van der Waals surface area contributed by atoms with E-state index in [1.807, 2.05) is 0 Å². The molecule has 0 aromatic carbocycles. The third-order valence-electron chi connectivity index (χ3n) is 2.74. The molecule has 1 amide bonds. The fourth-order valence-electron chi connectivity index (χ4n) is 1.87. The molecule has 0 spiro atoms. The lowest BCUT2D eigenvalue weighted by molar-refractivity contribution is -0.766. The Labute approximate surface area is 96.3 Å². The molecule has 8 heteroatoms. The van der Waals surface area contributed by atoms with Crippen LogP contribution in [0.15, 0.2) is 12.4 Å². The van der Waals surface area contributed by atoms with Gasteiger partial charge in [-0.25, -0.2) is 4.98 Å². The summed E-state index contributed by atoms with van der Waals surface area (Å²) in [5, 5.41) is 28.3. The number of H-pyrrole nitrogens is 1. The van der Waals surface area contributed by atoms with E-state index in [-0.39, 0.29) is 5.82 Å². The average Bonchev–Trinajstić information content (AvgIpc) is 2.86. The first kappa shape index (κ1) is 12.0. The summed E-state index contributed by atoms with van der Waals surface area (Å²) in [7, 11) is 0. The molecule has 1 aliphatic rings. The molecule has 1 aromatic rings. The molecule has 4 atom stereocenters. The van der Waals surface area contributed by atoms with Gasteiger partial charge in [-0.05, 0) is 0 Å². The Morgan fingerprint density at radius 2 is 2.24 bits per heavy atom. The summed E-state index contributed by atoms with van der Waals surface area (Å²) in [5.74, 6) is -0.674. The smallest absolute Gasteiger partial charge is 0.347 e. The van der Waals surface area contributed by atoms with Gasteiger partial charge in [-0.2, -0.15) is 4.57 Å². The number of rotatable bonds is 3. The highest BCUT2D eigenvalue weighted by molar-refractivity contribution is 5.87. The number of aromatic amines is 1. The lowest BCUT2D eigenvalue weighted by atomic mass is 10.1. The van der Waals surface area contributed by atoms with Crippen molar-refractivity contribution in [1.29, 1.82) is 0 Å². The molecule has 1 aromatic heterocycles. The number of primary amides is 1. The second-order valence-electron chi connectivity index (χ2n) is 3.81. The van der Waals surface area contributed by atoms with Crippen molar-refractivity contribution in [3.63, 3.8) is 0 Å². The minimum atomic E-state index is -1.24. The number of nitrogens with two attached hydrogens (primary N) is 1. The van der Waals surface area contributed by atoms with Gasteiger partial charge in [0.25, 0.3) is 0 Å². The van der Waals surface area contributed by atoms with Crippen molar-refractivity contribution < 1.29 is 29.4 Å². The molecule has 17 heavy (non-hydrogen) atoms. The molecule has 0 radical (unpaired) electrons. The topological polar surface area (TPSA) is 133 Å². The van der Waals surface area contributed by atoms with E-state index in [9.17, 15) is 15.0 Å². The summed E-state index contributed by atoms with van der Waals surface area (Å²) in [5.41, 5.74) is 5.13. The van der Waals surface area contributed by atoms with Gasteiger partial charge in [-0.15, -0.1) is 0 Å². The van der Waals surface area contributed by atoms with Crippen LogP contribution in [0, 0.1) is 0 Å². The Kier molecular flexibility index (Phi) is 3.11. The standard InChI is InChI=1S/C9H13N3O5/c10-7(16)8-11-1-2-12(8)9-6(15)5(14)4(3-13)17-9/h1-2,4-6,9,13-15H,3H2,(H2,10,16)/p+1/t4-,5-,6-,9-/m1/s1. The first-order valence-electron chi connectivity index (χ1n) is 5.07. The zero-order chi connectivity index (χ0) is 12.6. The normalized spacial score (nSPS) is 32.9. The number of imidazole rings is 1. The van der Waals surface area contributed by atoms with Gasteiger partial charge >= 0.3 is 11.7 Å². The van der Waals surface area contributed by atoms with Crippen LogP contribution in [0.3, 0.4) is 0 Å². The number of amides is 1. The number of nitrogens with one attached hydrogen (secondary N) is 1. The van der Waals surface area contributed by atoms with Gasteiger partial charge in [0, 0.05) is 0 Å². The van der Waals surface area contributed by atoms with Crippen molar-refractivity contribution in [2.45, 2.75) is 24.5 Å². The third kappa shape index (κ3) is 1.91. The van der Waals surface area contributed by atoms with E-state index >= 15 is 0 Å². The Morgan fingerprint density at radius 1 is 1.53 bits per heavy atom. The molecule has 1 fully saturated rings. The fraction of sp³-hybridized carbons (Fsp3) is 0.556. The molecule has 0 aliphatic carbocycles. The Bertz CT molecular complexity index is 421. The van der Waals surface area contributed by atoms with Crippen LogP contribution in [0.5, 0.6) is 0 Å². The lowest BCUT2D eigenvalue weighted by Crippen LogP contribution is -2.49. The first-order valence-corrected chi connectivity index (χ1v) is 5.07. The molecule has 6 N–H and O–H groups in total. The fourth-order valence-corrected chi connectivity index (χ4v) is 1.87. The minimum absolute atomic E-state index is 0.0415. The Balaban J connectivity index is 2.29. The summed E-state index contributed by atoms with van der Waals surface area (Å²) < 4.78 is 6.54. The van der Waals surface area contributed by atoms with Crippen LogP contribution in [0.4, 0.5) is 0 Å². The van der Waals surface area contributed by atoms with E-state index in [1.165, 1.54) is 17.0 Å². The number of aromatic nitrogens is 2. The minimum Gasteiger partial charge on any atom is -0.394 e. The number of carbonyl (C=O) groups excluding carboxylic acids is 1. The van der Waals surface area contributed by atoms with Gasteiger partial charge in [0.05, 0.1) is 6.61 Å². The summed E-state index contributed by atoms with van der Waals surface area (Å²) in [6, 6.07) is 0. The van der Waals surface area contributed by atoms with E-state index in [4.69, 9.17) is 15.6 Å². The SMILES string of the molecule is NC(=O)c1[nH]cc[n+]1[C@@H]1O[C@H](CO)[C@@H](O)[C@H]1O. The molecule has 1 aliphatic heterocycles. The summed E-state index contributed by atoms with van der Waals surface area (Å²) >= 11 is 0. The number of hydrogen-bond acceptors (Lipinski definition) is 5. The Morgan fingerprint density at radius 3 is 2.76 bits per heavy atom. The van der Waals surface area contributed by atoms with Gasteiger partial charge in [-0.3, -0.25) is 4.79 Å². The number of aliphatic hydroxyl groups excluding tert-OH is 3. The number of nitrogens with zero attached hydrogens (tertiary/aromatic N) is 1. The van der Waals surface area contributed by atoms with Crippen LogP contribution in [-0.4, -0.2) is 51.1 Å². The Hall–Kier alpha value is -1.48. The maximum absolute atomic E-state index is 11.1. The zero-order valence-electron chi connectivity index (χ0n) is 8.85. The number of carbonyl (C=O) groups is 1. The largest absolute Gasteiger partial charge is 0.394 e. The maximum atomic E-state index is 11.1. The molecule has 2 heterocycles. The molecule has 0 saturated carbocycles. The van der Waals surface area contributed by atoms with E-state index in [1.54, 1.807) is 0 Å². The highest BCUT2D eigenvalue weighted by atomic mass is 16.6. The first-order chi connectivity index (χ1) is 8.06. The van der Waals surface area contributed by atoms with Crippen LogP contribution < -0.4 is 10.3 Å². The highest BCUT2D eigenvalue weighted by Crippen LogP contribution is 2.25.